The summed E-state index contributed by atoms with van der Waals surface area (Å²) in [6, 6.07) is 9.19. The first-order valence-corrected chi connectivity index (χ1v) is 7.19. The molecule has 0 saturated carbocycles. The molecule has 0 unspecified atom stereocenters. The Morgan fingerprint density at radius 3 is 2.55 bits per heavy atom. The van der Waals surface area contributed by atoms with E-state index in [9.17, 15) is 9.59 Å². The van der Waals surface area contributed by atoms with E-state index in [0.29, 0.717) is 19.6 Å². The number of aliphatic hydroxyl groups is 1. The number of rotatable bonds is 9. The smallest absolute Gasteiger partial charge is 0.314 e. The summed E-state index contributed by atoms with van der Waals surface area (Å²) in [5.74, 6) is -0.216. The van der Waals surface area contributed by atoms with E-state index in [-0.39, 0.29) is 31.5 Å². The number of urea groups is 1. The highest BCUT2D eigenvalue weighted by molar-refractivity contribution is 5.77. The minimum atomic E-state index is -0.353. The quantitative estimate of drug-likeness (QED) is 0.461. The van der Waals surface area contributed by atoms with Crippen LogP contribution in [0.5, 0.6) is 0 Å². The van der Waals surface area contributed by atoms with Crippen molar-refractivity contribution in [2.24, 2.45) is 0 Å². The van der Waals surface area contributed by atoms with Gasteiger partial charge in [-0.15, -0.1) is 0 Å². The van der Waals surface area contributed by atoms with Crippen molar-refractivity contribution in [3.63, 3.8) is 0 Å². The fourth-order valence-electron chi connectivity index (χ4n) is 1.60. The Balaban J connectivity index is 2.14. The van der Waals surface area contributed by atoms with E-state index in [1.165, 1.54) is 5.06 Å². The van der Waals surface area contributed by atoms with Crippen LogP contribution in [0.2, 0.25) is 0 Å². The lowest BCUT2D eigenvalue weighted by atomic mass is 10.2. The third-order valence-electron chi connectivity index (χ3n) is 2.86. The van der Waals surface area contributed by atoms with Gasteiger partial charge in [-0.05, 0) is 12.0 Å². The molecule has 0 bridgehead atoms. The minimum Gasteiger partial charge on any atom is -0.396 e. The molecule has 0 aliphatic heterocycles. The number of benzene rings is 1. The number of hydrogen-bond acceptors (Lipinski definition) is 4. The zero-order chi connectivity index (χ0) is 16.2. The van der Waals surface area contributed by atoms with E-state index >= 15 is 0 Å². The molecule has 22 heavy (non-hydrogen) atoms. The second-order valence-electron chi connectivity index (χ2n) is 4.66. The van der Waals surface area contributed by atoms with E-state index in [2.05, 4.69) is 10.6 Å². The van der Waals surface area contributed by atoms with Gasteiger partial charge < -0.3 is 15.7 Å². The minimum absolute atomic E-state index is 0.0301. The number of carbonyl (C=O) groups excluding carboxylic acids is 2. The van der Waals surface area contributed by atoms with E-state index in [1.807, 2.05) is 30.3 Å². The summed E-state index contributed by atoms with van der Waals surface area (Å²) >= 11 is 0. The number of nitrogens with zero attached hydrogens (tertiary/aromatic N) is 1. The van der Waals surface area contributed by atoms with Crippen LogP contribution in [0.1, 0.15) is 18.4 Å². The fraction of sp³-hybridized carbons (Fsp3) is 0.467. The van der Waals surface area contributed by atoms with Crippen LogP contribution in [0.25, 0.3) is 0 Å². The first-order valence-electron chi connectivity index (χ1n) is 7.19. The van der Waals surface area contributed by atoms with E-state index in [1.54, 1.807) is 7.05 Å². The molecule has 0 radical (unpaired) electrons. The number of carbonyl (C=O) groups is 2. The molecule has 3 amide bonds. The van der Waals surface area contributed by atoms with Crippen molar-refractivity contribution in [2.75, 3.05) is 26.7 Å². The van der Waals surface area contributed by atoms with Gasteiger partial charge >= 0.3 is 6.03 Å². The van der Waals surface area contributed by atoms with Crippen molar-refractivity contribution in [3.05, 3.63) is 35.9 Å². The maximum absolute atomic E-state index is 11.8. The molecule has 7 heteroatoms. The van der Waals surface area contributed by atoms with Gasteiger partial charge in [0.2, 0.25) is 5.91 Å². The molecule has 7 nitrogen and oxygen atoms in total. The van der Waals surface area contributed by atoms with Gasteiger partial charge in [-0.1, -0.05) is 30.3 Å². The monoisotopic (exact) mass is 309 g/mol. The molecule has 1 aromatic rings. The molecule has 0 atom stereocenters. The number of aliphatic hydroxyl groups excluding tert-OH is 1. The summed E-state index contributed by atoms with van der Waals surface area (Å²) < 4.78 is 0. The van der Waals surface area contributed by atoms with Gasteiger partial charge in [-0.2, -0.15) is 0 Å². The zero-order valence-electron chi connectivity index (χ0n) is 12.7. The molecule has 1 rings (SSSR count). The molecule has 0 fully saturated rings. The lowest BCUT2D eigenvalue weighted by Gasteiger charge is -2.17. The lowest BCUT2D eigenvalue weighted by molar-refractivity contribution is -0.182. The molecule has 0 aromatic heterocycles. The standard InChI is InChI=1S/C15H23N3O4/c1-18(22-12-13-6-3-2-4-7-13)14(20)8-10-17-15(21)16-9-5-11-19/h2-4,6-7,19H,5,8-12H2,1H3,(H2,16,17,21). The molecule has 0 heterocycles. The first kappa shape index (κ1) is 17.9. The van der Waals surface area contributed by atoms with Gasteiger partial charge in [0.15, 0.2) is 0 Å². The Kier molecular flexibility index (Phi) is 8.63. The highest BCUT2D eigenvalue weighted by atomic mass is 16.7. The van der Waals surface area contributed by atoms with Crippen LogP contribution >= 0.6 is 0 Å². The third-order valence-corrected chi connectivity index (χ3v) is 2.86. The van der Waals surface area contributed by atoms with Gasteiger partial charge in [0.1, 0.15) is 6.61 Å². The first-order chi connectivity index (χ1) is 10.6. The summed E-state index contributed by atoms with van der Waals surface area (Å²) in [6.45, 7) is 0.972. The Bertz CT molecular complexity index is 453. The molecule has 0 saturated heterocycles. The average Bonchev–Trinajstić information content (AvgIpc) is 2.53. The summed E-state index contributed by atoms with van der Waals surface area (Å²) in [7, 11) is 1.55. The number of amides is 3. The summed E-state index contributed by atoms with van der Waals surface area (Å²) in [6.07, 6.45) is 0.654. The molecular formula is C15H23N3O4. The Morgan fingerprint density at radius 2 is 1.86 bits per heavy atom. The van der Waals surface area contributed by atoms with Crippen LogP contribution in [0.3, 0.4) is 0 Å². The lowest BCUT2D eigenvalue weighted by Crippen LogP contribution is -2.38. The molecule has 1 aromatic carbocycles. The highest BCUT2D eigenvalue weighted by Gasteiger charge is 2.10. The normalized spacial score (nSPS) is 10.1. The van der Waals surface area contributed by atoms with Crippen LogP contribution in [0, 0.1) is 0 Å². The van der Waals surface area contributed by atoms with Crippen molar-refractivity contribution in [3.8, 4) is 0 Å². The van der Waals surface area contributed by atoms with Crippen LogP contribution in [0.4, 0.5) is 4.79 Å². The predicted octanol–water partition coefficient (Wildman–Crippen LogP) is 0.648. The van der Waals surface area contributed by atoms with Gasteiger partial charge in [-0.3, -0.25) is 9.63 Å². The van der Waals surface area contributed by atoms with Crippen molar-refractivity contribution in [2.45, 2.75) is 19.4 Å². The highest BCUT2D eigenvalue weighted by Crippen LogP contribution is 2.02. The number of nitrogens with one attached hydrogen (secondary N) is 2. The second-order valence-corrected chi connectivity index (χ2v) is 4.66. The Hall–Kier alpha value is -2.12. The third kappa shape index (κ3) is 7.61. The van der Waals surface area contributed by atoms with Gasteiger partial charge in [0, 0.05) is 33.2 Å². The predicted molar refractivity (Wildman–Crippen MR) is 81.7 cm³/mol. The van der Waals surface area contributed by atoms with E-state index in [4.69, 9.17) is 9.94 Å². The Labute approximate surface area is 130 Å². The Morgan fingerprint density at radius 1 is 1.18 bits per heavy atom. The molecule has 122 valence electrons. The van der Waals surface area contributed by atoms with Crippen LogP contribution in [-0.2, 0) is 16.2 Å². The van der Waals surface area contributed by atoms with Crippen molar-refractivity contribution in [1.82, 2.24) is 15.7 Å². The van der Waals surface area contributed by atoms with Crippen LogP contribution in [-0.4, -0.2) is 48.9 Å². The largest absolute Gasteiger partial charge is 0.396 e. The van der Waals surface area contributed by atoms with Gasteiger partial charge in [0.05, 0.1) is 0 Å². The van der Waals surface area contributed by atoms with E-state index in [0.717, 1.165) is 5.56 Å². The maximum Gasteiger partial charge on any atom is 0.314 e. The van der Waals surface area contributed by atoms with Crippen LogP contribution < -0.4 is 10.6 Å². The number of hydroxylamine groups is 2. The average molecular weight is 309 g/mol. The summed E-state index contributed by atoms with van der Waals surface area (Å²) in [4.78, 5) is 28.5. The fourth-order valence-corrected chi connectivity index (χ4v) is 1.60. The summed E-state index contributed by atoms with van der Waals surface area (Å²) in [5.41, 5.74) is 0.975. The van der Waals surface area contributed by atoms with E-state index < -0.39 is 0 Å². The summed E-state index contributed by atoms with van der Waals surface area (Å²) in [5, 5.41) is 14.9. The van der Waals surface area contributed by atoms with Crippen molar-refractivity contribution >= 4 is 11.9 Å². The molecule has 0 aliphatic rings. The topological polar surface area (TPSA) is 90.9 Å². The SMILES string of the molecule is CN(OCc1ccccc1)C(=O)CCNC(=O)NCCCO. The zero-order valence-corrected chi connectivity index (χ0v) is 12.7. The van der Waals surface area contributed by atoms with Crippen molar-refractivity contribution in [1.29, 1.82) is 0 Å². The van der Waals surface area contributed by atoms with Crippen LogP contribution in [0.15, 0.2) is 30.3 Å². The molecule has 0 spiro atoms. The number of hydrogen-bond donors (Lipinski definition) is 3. The maximum atomic E-state index is 11.8. The molecule has 0 aliphatic carbocycles. The van der Waals surface area contributed by atoms with Gasteiger partial charge in [-0.25, -0.2) is 9.86 Å². The molecule has 3 N–H and O–H groups in total. The molecular weight excluding hydrogens is 286 g/mol. The second kappa shape index (κ2) is 10.6. The van der Waals surface area contributed by atoms with Gasteiger partial charge in [0.25, 0.3) is 0 Å². The van der Waals surface area contributed by atoms with Crippen molar-refractivity contribution < 1.29 is 19.5 Å².